The lowest BCUT2D eigenvalue weighted by Crippen LogP contribution is -2.57. The largest absolute Gasteiger partial charge is 0.489 e. The number of methoxy groups -OCH3 is 1. The Morgan fingerprint density at radius 1 is 1.06 bits per heavy atom. The fourth-order valence-electron chi connectivity index (χ4n) is 4.45. The summed E-state index contributed by atoms with van der Waals surface area (Å²) in [5.74, 6) is -0.548. The highest BCUT2D eigenvalue weighted by Gasteiger charge is 2.53. The number of benzene rings is 2. The first-order valence-corrected chi connectivity index (χ1v) is 11.8. The van der Waals surface area contributed by atoms with Crippen molar-refractivity contribution in [1.29, 1.82) is 0 Å². The number of halogens is 2. The molecule has 0 aliphatic heterocycles. The van der Waals surface area contributed by atoms with Gasteiger partial charge in [-0.05, 0) is 48.6 Å². The molecule has 3 rings (SSSR count). The van der Waals surface area contributed by atoms with Crippen LogP contribution in [0.15, 0.2) is 42.5 Å². The van der Waals surface area contributed by atoms with Crippen molar-refractivity contribution in [1.82, 2.24) is 5.32 Å². The second kappa shape index (κ2) is 10.8. The summed E-state index contributed by atoms with van der Waals surface area (Å²) >= 11 is 12.4. The smallest absolute Gasteiger partial charge is 0.328 e. The first-order chi connectivity index (χ1) is 16.0. The summed E-state index contributed by atoms with van der Waals surface area (Å²) in [6, 6.07) is 11.6. The third-order valence-corrected chi connectivity index (χ3v) is 7.39. The van der Waals surface area contributed by atoms with Crippen molar-refractivity contribution in [2.24, 2.45) is 17.3 Å². The third-order valence-electron chi connectivity index (χ3n) is 6.69. The van der Waals surface area contributed by atoms with Crippen LogP contribution >= 0.6 is 23.2 Å². The van der Waals surface area contributed by atoms with E-state index in [1.165, 1.54) is 7.11 Å². The van der Waals surface area contributed by atoms with Gasteiger partial charge in [0.25, 0.3) is 0 Å². The molecule has 2 unspecified atom stereocenters. The van der Waals surface area contributed by atoms with Crippen molar-refractivity contribution in [3.05, 3.63) is 63.6 Å². The van der Waals surface area contributed by atoms with E-state index in [1.807, 2.05) is 26.0 Å². The number of ether oxygens (including phenoxy) is 2. The molecule has 6 nitrogen and oxygen atoms in total. The molecule has 34 heavy (non-hydrogen) atoms. The first-order valence-electron chi connectivity index (χ1n) is 11.1. The van der Waals surface area contributed by atoms with Crippen molar-refractivity contribution in [2.75, 3.05) is 7.11 Å². The van der Waals surface area contributed by atoms with Crippen LogP contribution < -0.4 is 10.1 Å². The number of hydrogen-bond donors (Lipinski definition) is 1. The maximum absolute atomic E-state index is 12.9. The summed E-state index contributed by atoms with van der Waals surface area (Å²) in [5, 5.41) is 3.89. The molecule has 2 aromatic carbocycles. The van der Waals surface area contributed by atoms with Crippen LogP contribution in [0.4, 0.5) is 0 Å². The number of Topliss-reactive ketones (excluding diaryl/α,β-unsaturated/α-hetero) is 1. The normalized spacial score (nSPS) is 19.5. The van der Waals surface area contributed by atoms with Crippen molar-refractivity contribution in [3.63, 3.8) is 0 Å². The van der Waals surface area contributed by atoms with Crippen LogP contribution in [0.3, 0.4) is 0 Å². The molecule has 1 aliphatic rings. The van der Waals surface area contributed by atoms with Gasteiger partial charge in [-0.25, -0.2) is 4.79 Å². The second-order valence-electron chi connectivity index (χ2n) is 9.19. The summed E-state index contributed by atoms with van der Waals surface area (Å²) in [6.07, 6.45) is 0.752. The van der Waals surface area contributed by atoms with Crippen molar-refractivity contribution < 1.29 is 23.9 Å². The van der Waals surface area contributed by atoms with Crippen LogP contribution in [0.25, 0.3) is 0 Å². The SMILES string of the molecule is COC(=O)[C@H](Cc1ccc(OCc2c(Cl)cccc2Cl)cc1)NC(=O)C1CC(C(C)=O)C1(C)C. The molecule has 0 bridgehead atoms. The summed E-state index contributed by atoms with van der Waals surface area (Å²) in [7, 11) is 1.29. The van der Waals surface area contributed by atoms with Gasteiger partial charge in [-0.1, -0.05) is 55.2 Å². The maximum Gasteiger partial charge on any atom is 0.328 e. The van der Waals surface area contributed by atoms with E-state index in [0.717, 1.165) is 5.56 Å². The Bertz CT molecular complexity index is 1050. The Morgan fingerprint density at radius 3 is 2.21 bits per heavy atom. The summed E-state index contributed by atoms with van der Waals surface area (Å²) in [6.45, 7) is 5.59. The highest BCUT2D eigenvalue weighted by molar-refractivity contribution is 6.35. The number of carbonyl (C=O) groups is 3. The number of rotatable bonds is 9. The maximum atomic E-state index is 12.9. The van der Waals surface area contributed by atoms with Crippen molar-refractivity contribution in [3.8, 4) is 5.75 Å². The molecule has 0 radical (unpaired) electrons. The number of nitrogens with one attached hydrogen (secondary N) is 1. The molecule has 2 aromatic rings. The van der Waals surface area contributed by atoms with Crippen molar-refractivity contribution >= 4 is 40.9 Å². The van der Waals surface area contributed by atoms with Gasteiger partial charge in [0.1, 0.15) is 24.2 Å². The van der Waals surface area contributed by atoms with Crippen molar-refractivity contribution in [2.45, 2.75) is 46.3 Å². The Hall–Kier alpha value is -2.57. The molecule has 1 N–H and O–H groups in total. The van der Waals surface area contributed by atoms with E-state index >= 15 is 0 Å². The van der Waals surface area contributed by atoms with Crippen LogP contribution in [0, 0.1) is 17.3 Å². The van der Waals surface area contributed by atoms with Crippen LogP contribution in [0.1, 0.15) is 38.3 Å². The van der Waals surface area contributed by atoms with E-state index in [0.29, 0.717) is 27.8 Å². The van der Waals surface area contributed by atoms with Gasteiger partial charge in [-0.3, -0.25) is 9.59 Å². The summed E-state index contributed by atoms with van der Waals surface area (Å²) < 4.78 is 10.7. The molecule has 182 valence electrons. The van der Waals surface area contributed by atoms with Crippen LogP contribution in [-0.2, 0) is 32.1 Å². The number of esters is 1. The van der Waals surface area contributed by atoms with Gasteiger partial charge in [0.15, 0.2) is 0 Å². The molecule has 0 spiro atoms. The number of carbonyl (C=O) groups excluding carboxylic acids is 3. The lowest BCUT2D eigenvalue weighted by atomic mass is 9.53. The molecule has 3 atom stereocenters. The van der Waals surface area contributed by atoms with Crippen LogP contribution in [-0.4, -0.2) is 30.8 Å². The molecule has 0 heterocycles. The lowest BCUT2D eigenvalue weighted by Gasteiger charge is -2.50. The summed E-state index contributed by atoms with van der Waals surface area (Å²) in [5.41, 5.74) is 1.09. The fourth-order valence-corrected chi connectivity index (χ4v) is 4.96. The van der Waals surface area contributed by atoms with E-state index < -0.39 is 17.4 Å². The van der Waals surface area contributed by atoms with Gasteiger partial charge in [0, 0.05) is 33.9 Å². The molecule has 8 heteroatoms. The van der Waals surface area contributed by atoms with E-state index in [4.69, 9.17) is 32.7 Å². The minimum atomic E-state index is -0.835. The predicted molar refractivity (Wildman–Crippen MR) is 131 cm³/mol. The Labute approximate surface area is 209 Å². The fraction of sp³-hybridized carbons (Fsp3) is 0.423. The molecule has 0 saturated heterocycles. The average molecular weight is 506 g/mol. The van der Waals surface area contributed by atoms with E-state index in [2.05, 4.69) is 5.32 Å². The van der Waals surface area contributed by atoms with Gasteiger partial charge in [0.2, 0.25) is 5.91 Å². The highest BCUT2D eigenvalue weighted by Crippen LogP contribution is 2.51. The van der Waals surface area contributed by atoms with Gasteiger partial charge < -0.3 is 14.8 Å². The van der Waals surface area contributed by atoms with Crippen LogP contribution in [0.5, 0.6) is 5.75 Å². The van der Waals surface area contributed by atoms with Crippen LogP contribution in [0.2, 0.25) is 10.0 Å². The predicted octanol–water partition coefficient (Wildman–Crippen LogP) is 5.02. The Balaban J connectivity index is 1.62. The van der Waals surface area contributed by atoms with Gasteiger partial charge in [0.05, 0.1) is 7.11 Å². The topological polar surface area (TPSA) is 81.7 Å². The van der Waals surface area contributed by atoms with Gasteiger partial charge in [-0.2, -0.15) is 0 Å². The van der Waals surface area contributed by atoms with Gasteiger partial charge >= 0.3 is 5.97 Å². The molecule has 1 fully saturated rings. The zero-order valence-corrected chi connectivity index (χ0v) is 21.2. The van der Waals surface area contributed by atoms with Gasteiger partial charge in [-0.15, -0.1) is 0 Å². The zero-order chi connectivity index (χ0) is 25.0. The second-order valence-corrected chi connectivity index (χ2v) is 10.0. The molecular formula is C26H29Cl2NO5. The summed E-state index contributed by atoms with van der Waals surface area (Å²) in [4.78, 5) is 37.0. The number of hydrogen-bond acceptors (Lipinski definition) is 5. The molecular weight excluding hydrogens is 477 g/mol. The monoisotopic (exact) mass is 505 g/mol. The highest BCUT2D eigenvalue weighted by atomic mass is 35.5. The van der Waals surface area contributed by atoms with E-state index in [-0.39, 0.29) is 36.6 Å². The first kappa shape index (κ1) is 26.0. The molecule has 1 amide bonds. The standard InChI is InChI=1S/C26H29Cl2NO5/c1-15(30)19-13-20(26(19,2)3)24(31)29-23(25(32)33-4)12-16-8-10-17(11-9-16)34-14-18-21(27)6-5-7-22(18)28/h5-11,19-20,23H,12-14H2,1-4H3,(H,29,31)/t19?,20?,23-/m0/s1. The Kier molecular flexibility index (Phi) is 8.26. The molecule has 1 aliphatic carbocycles. The molecule has 0 aromatic heterocycles. The average Bonchev–Trinajstić information content (AvgIpc) is 2.77. The third kappa shape index (κ3) is 5.73. The van der Waals surface area contributed by atoms with E-state index in [9.17, 15) is 14.4 Å². The Morgan fingerprint density at radius 2 is 1.68 bits per heavy atom. The number of amides is 1. The lowest BCUT2D eigenvalue weighted by molar-refractivity contribution is -0.153. The minimum Gasteiger partial charge on any atom is -0.489 e. The minimum absolute atomic E-state index is 0.0812. The number of ketones is 1. The quantitative estimate of drug-likeness (QED) is 0.483. The zero-order valence-electron chi connectivity index (χ0n) is 19.7. The molecule has 1 saturated carbocycles. The van der Waals surface area contributed by atoms with E-state index in [1.54, 1.807) is 37.3 Å².